The van der Waals surface area contributed by atoms with Crippen LogP contribution in [-0.4, -0.2) is 13.7 Å². The van der Waals surface area contributed by atoms with E-state index in [9.17, 15) is 4.39 Å². The molecule has 2 aromatic rings. The van der Waals surface area contributed by atoms with Gasteiger partial charge in [0.25, 0.3) is 0 Å². The fourth-order valence-electron chi connectivity index (χ4n) is 1.86. The first-order valence-corrected chi connectivity index (χ1v) is 7.60. The Morgan fingerprint density at radius 3 is 2.67 bits per heavy atom. The molecule has 112 valence electrons. The molecule has 0 aliphatic carbocycles. The molecular formula is C16H18FNO2S. The van der Waals surface area contributed by atoms with Crippen LogP contribution < -0.4 is 15.2 Å². The van der Waals surface area contributed by atoms with Gasteiger partial charge in [-0.1, -0.05) is 6.07 Å². The number of hydrogen-bond acceptors (Lipinski definition) is 4. The van der Waals surface area contributed by atoms with Crippen molar-refractivity contribution in [1.82, 2.24) is 0 Å². The minimum absolute atomic E-state index is 0.251. The Kier molecular flexibility index (Phi) is 5.33. The molecule has 0 fully saturated rings. The predicted octanol–water partition coefficient (Wildman–Crippen LogP) is 4.11. The van der Waals surface area contributed by atoms with E-state index in [1.807, 2.05) is 31.2 Å². The van der Waals surface area contributed by atoms with Crippen LogP contribution in [0.2, 0.25) is 0 Å². The number of methoxy groups -OCH3 is 1. The number of benzene rings is 2. The third kappa shape index (κ3) is 4.04. The van der Waals surface area contributed by atoms with Gasteiger partial charge in [-0.2, -0.15) is 0 Å². The molecule has 0 saturated heterocycles. The molecule has 2 N–H and O–H groups in total. The summed E-state index contributed by atoms with van der Waals surface area (Å²) in [6.45, 7) is 2.54. The topological polar surface area (TPSA) is 44.5 Å². The number of nitrogens with two attached hydrogens (primary N) is 1. The number of rotatable bonds is 6. The Hall–Kier alpha value is -1.88. The maximum atomic E-state index is 13.6. The third-order valence-electron chi connectivity index (χ3n) is 2.91. The fraction of sp³-hybridized carbons (Fsp3) is 0.250. The van der Waals surface area contributed by atoms with Crippen molar-refractivity contribution in [3.05, 3.63) is 47.8 Å². The Bertz CT molecular complexity index is 619. The molecule has 0 bridgehead atoms. The first-order valence-electron chi connectivity index (χ1n) is 6.61. The SMILES string of the molecule is CCOc1ccc(N)c(SCc2ccc(OC)c(F)c2)c1. The molecule has 3 nitrogen and oxygen atoms in total. The normalized spacial score (nSPS) is 10.4. The van der Waals surface area contributed by atoms with Gasteiger partial charge in [0.15, 0.2) is 11.6 Å². The molecule has 2 aromatic carbocycles. The Balaban J connectivity index is 2.08. The standard InChI is InChI=1S/C16H18FNO2S/c1-3-20-12-5-6-14(18)16(9-12)21-10-11-4-7-15(19-2)13(17)8-11/h4-9H,3,10,18H2,1-2H3. The van der Waals surface area contributed by atoms with Crippen LogP contribution in [-0.2, 0) is 5.75 Å². The molecule has 0 aliphatic heterocycles. The maximum absolute atomic E-state index is 13.6. The smallest absolute Gasteiger partial charge is 0.165 e. The number of ether oxygens (including phenoxy) is 2. The summed E-state index contributed by atoms with van der Waals surface area (Å²) < 4.78 is 24.0. The minimum atomic E-state index is -0.355. The van der Waals surface area contributed by atoms with Gasteiger partial charge in [-0.15, -0.1) is 11.8 Å². The van der Waals surface area contributed by atoms with Crippen molar-refractivity contribution in [2.75, 3.05) is 19.5 Å². The average molecular weight is 307 g/mol. The lowest BCUT2D eigenvalue weighted by atomic mass is 10.2. The number of anilines is 1. The predicted molar refractivity (Wildman–Crippen MR) is 84.5 cm³/mol. The van der Waals surface area contributed by atoms with Gasteiger partial charge in [0.1, 0.15) is 5.75 Å². The molecule has 0 amide bonds. The first kappa shape index (κ1) is 15.5. The van der Waals surface area contributed by atoms with E-state index in [0.29, 0.717) is 18.0 Å². The minimum Gasteiger partial charge on any atom is -0.494 e. The number of nitrogen functional groups attached to an aromatic ring is 1. The second-order valence-corrected chi connectivity index (χ2v) is 5.41. The highest BCUT2D eigenvalue weighted by Gasteiger charge is 2.06. The second kappa shape index (κ2) is 7.22. The summed E-state index contributed by atoms with van der Waals surface area (Å²) in [5.74, 6) is 1.31. The van der Waals surface area contributed by atoms with Crippen LogP contribution in [0.5, 0.6) is 11.5 Å². The summed E-state index contributed by atoms with van der Waals surface area (Å²) in [5, 5.41) is 0. The highest BCUT2D eigenvalue weighted by molar-refractivity contribution is 7.98. The number of halogens is 1. The van der Waals surface area contributed by atoms with E-state index in [1.165, 1.54) is 13.2 Å². The van der Waals surface area contributed by atoms with Gasteiger partial charge in [0.05, 0.1) is 13.7 Å². The van der Waals surface area contributed by atoms with Crippen molar-refractivity contribution in [2.45, 2.75) is 17.6 Å². The van der Waals surface area contributed by atoms with Crippen LogP contribution in [0.3, 0.4) is 0 Å². The van der Waals surface area contributed by atoms with E-state index in [1.54, 1.807) is 17.8 Å². The fourth-order valence-corrected chi connectivity index (χ4v) is 2.79. The van der Waals surface area contributed by atoms with Gasteiger partial charge in [0.2, 0.25) is 0 Å². The van der Waals surface area contributed by atoms with Crippen LogP contribution in [0.4, 0.5) is 10.1 Å². The van der Waals surface area contributed by atoms with Gasteiger partial charge in [-0.25, -0.2) is 4.39 Å². The third-order valence-corrected chi connectivity index (χ3v) is 4.05. The molecule has 0 saturated carbocycles. The Morgan fingerprint density at radius 2 is 2.00 bits per heavy atom. The Labute approximate surface area is 128 Å². The highest BCUT2D eigenvalue weighted by Crippen LogP contribution is 2.32. The zero-order chi connectivity index (χ0) is 15.2. The lowest BCUT2D eigenvalue weighted by molar-refractivity contribution is 0.339. The molecule has 0 aromatic heterocycles. The van der Waals surface area contributed by atoms with Crippen molar-refractivity contribution >= 4 is 17.4 Å². The van der Waals surface area contributed by atoms with Gasteiger partial charge >= 0.3 is 0 Å². The second-order valence-electron chi connectivity index (χ2n) is 4.39. The van der Waals surface area contributed by atoms with E-state index >= 15 is 0 Å². The molecule has 0 aliphatic rings. The van der Waals surface area contributed by atoms with Crippen LogP contribution in [0, 0.1) is 5.82 Å². The van der Waals surface area contributed by atoms with Crippen LogP contribution >= 0.6 is 11.8 Å². The zero-order valence-electron chi connectivity index (χ0n) is 12.1. The molecule has 0 unspecified atom stereocenters. The van der Waals surface area contributed by atoms with Crippen molar-refractivity contribution < 1.29 is 13.9 Å². The molecular weight excluding hydrogens is 289 g/mol. The van der Waals surface area contributed by atoms with Crippen molar-refractivity contribution in [1.29, 1.82) is 0 Å². The van der Waals surface area contributed by atoms with Crippen molar-refractivity contribution in [3.8, 4) is 11.5 Å². The van der Waals surface area contributed by atoms with E-state index in [2.05, 4.69) is 0 Å². The molecule has 0 heterocycles. The number of hydrogen-bond donors (Lipinski definition) is 1. The average Bonchev–Trinajstić information content (AvgIpc) is 2.48. The molecule has 2 rings (SSSR count). The van der Waals surface area contributed by atoms with Crippen molar-refractivity contribution in [3.63, 3.8) is 0 Å². The maximum Gasteiger partial charge on any atom is 0.165 e. The molecule has 21 heavy (non-hydrogen) atoms. The summed E-state index contributed by atoms with van der Waals surface area (Å²) >= 11 is 1.55. The summed E-state index contributed by atoms with van der Waals surface area (Å²) in [6.07, 6.45) is 0. The van der Waals surface area contributed by atoms with Gasteiger partial charge < -0.3 is 15.2 Å². The monoisotopic (exact) mass is 307 g/mol. The van der Waals surface area contributed by atoms with Gasteiger partial charge in [0, 0.05) is 16.3 Å². The first-order chi connectivity index (χ1) is 10.1. The van der Waals surface area contributed by atoms with Gasteiger partial charge in [-0.3, -0.25) is 0 Å². The van der Waals surface area contributed by atoms with Gasteiger partial charge in [-0.05, 0) is 42.8 Å². The molecule has 0 radical (unpaired) electrons. The van der Waals surface area contributed by atoms with Crippen LogP contribution in [0.25, 0.3) is 0 Å². The highest BCUT2D eigenvalue weighted by atomic mass is 32.2. The zero-order valence-corrected chi connectivity index (χ0v) is 12.9. The summed E-state index contributed by atoms with van der Waals surface area (Å²) in [6, 6.07) is 10.5. The van der Waals surface area contributed by atoms with E-state index in [0.717, 1.165) is 16.2 Å². The summed E-state index contributed by atoms with van der Waals surface area (Å²) in [7, 11) is 1.45. The van der Waals surface area contributed by atoms with E-state index < -0.39 is 0 Å². The van der Waals surface area contributed by atoms with E-state index in [-0.39, 0.29) is 11.6 Å². The van der Waals surface area contributed by atoms with Crippen LogP contribution in [0.15, 0.2) is 41.3 Å². The lowest BCUT2D eigenvalue weighted by Crippen LogP contribution is -1.95. The largest absolute Gasteiger partial charge is 0.494 e. The quantitative estimate of drug-likeness (QED) is 0.644. The molecule has 0 atom stereocenters. The van der Waals surface area contributed by atoms with E-state index in [4.69, 9.17) is 15.2 Å². The molecule has 0 spiro atoms. The van der Waals surface area contributed by atoms with Crippen LogP contribution in [0.1, 0.15) is 12.5 Å². The molecule has 5 heteroatoms. The lowest BCUT2D eigenvalue weighted by Gasteiger charge is -2.09. The Morgan fingerprint density at radius 1 is 1.19 bits per heavy atom. The summed E-state index contributed by atoms with van der Waals surface area (Å²) in [4.78, 5) is 0.928. The van der Waals surface area contributed by atoms with Crippen molar-refractivity contribution in [2.24, 2.45) is 0 Å². The summed E-state index contributed by atoms with van der Waals surface area (Å²) in [5.41, 5.74) is 7.52. The number of thioether (sulfide) groups is 1.